The van der Waals surface area contributed by atoms with Gasteiger partial charge in [0.15, 0.2) is 0 Å². The third-order valence-electron chi connectivity index (χ3n) is 6.85. The van der Waals surface area contributed by atoms with Crippen molar-refractivity contribution < 1.29 is 19.1 Å². The molecule has 0 spiro atoms. The minimum Gasteiger partial charge on any atom is -0.497 e. The molecule has 0 aliphatic carbocycles. The molecule has 0 fully saturated rings. The molecule has 0 saturated carbocycles. The van der Waals surface area contributed by atoms with E-state index >= 15 is 0 Å². The quantitative estimate of drug-likeness (QED) is 0.307. The van der Waals surface area contributed by atoms with E-state index in [0.717, 1.165) is 17.5 Å². The van der Waals surface area contributed by atoms with Crippen molar-refractivity contribution >= 4 is 22.8 Å². The molecular weight excluding hydrogens is 494 g/mol. The Kier molecular flexibility index (Phi) is 8.49. The van der Waals surface area contributed by atoms with E-state index in [1.165, 1.54) is 0 Å². The molecule has 0 aliphatic rings. The molecule has 0 saturated heterocycles. The van der Waals surface area contributed by atoms with Crippen LogP contribution in [0, 0.1) is 0 Å². The van der Waals surface area contributed by atoms with Crippen LogP contribution in [0.3, 0.4) is 0 Å². The van der Waals surface area contributed by atoms with E-state index in [0.29, 0.717) is 22.6 Å². The van der Waals surface area contributed by atoms with Gasteiger partial charge in [-0.25, -0.2) is 4.68 Å². The molecule has 39 heavy (non-hydrogen) atoms. The Morgan fingerprint density at radius 1 is 0.974 bits per heavy atom. The van der Waals surface area contributed by atoms with Gasteiger partial charge in [0.1, 0.15) is 29.6 Å². The molecule has 0 bridgehead atoms. The fraction of sp³-hybridized carbons (Fsp3) is 0.333. The Bertz CT molecular complexity index is 1430. The summed E-state index contributed by atoms with van der Waals surface area (Å²) in [6.07, 6.45) is 0.723. The van der Waals surface area contributed by atoms with Crippen molar-refractivity contribution in [1.82, 2.24) is 25.2 Å². The third-order valence-corrected chi connectivity index (χ3v) is 6.85. The van der Waals surface area contributed by atoms with Gasteiger partial charge >= 0.3 is 0 Å². The van der Waals surface area contributed by atoms with Crippen LogP contribution in [0.1, 0.15) is 44.4 Å². The number of rotatable bonds is 11. The lowest BCUT2D eigenvalue weighted by Gasteiger charge is -2.35. The van der Waals surface area contributed by atoms with Gasteiger partial charge < -0.3 is 19.7 Å². The van der Waals surface area contributed by atoms with Gasteiger partial charge in [-0.3, -0.25) is 9.59 Å². The minimum absolute atomic E-state index is 0.0818. The number of para-hydroxylation sites is 1. The maximum atomic E-state index is 14.1. The number of benzene rings is 3. The van der Waals surface area contributed by atoms with Crippen molar-refractivity contribution in [2.45, 2.75) is 51.9 Å². The van der Waals surface area contributed by atoms with E-state index in [1.807, 2.05) is 87.5 Å². The zero-order valence-corrected chi connectivity index (χ0v) is 23.0. The summed E-state index contributed by atoms with van der Waals surface area (Å²) in [4.78, 5) is 29.7. The molecule has 1 N–H and O–H groups in total. The first-order valence-corrected chi connectivity index (χ1v) is 12.9. The van der Waals surface area contributed by atoms with Crippen LogP contribution in [0.2, 0.25) is 0 Å². The number of carbonyl (C=O) groups excluding carboxylic acids is 2. The maximum absolute atomic E-state index is 14.1. The largest absolute Gasteiger partial charge is 0.497 e. The van der Waals surface area contributed by atoms with Crippen molar-refractivity contribution in [2.24, 2.45) is 0 Å². The summed E-state index contributed by atoms with van der Waals surface area (Å²) >= 11 is 0. The van der Waals surface area contributed by atoms with Crippen molar-refractivity contribution in [3.63, 3.8) is 0 Å². The fourth-order valence-electron chi connectivity index (χ4n) is 4.28. The van der Waals surface area contributed by atoms with Gasteiger partial charge in [-0.1, -0.05) is 48.5 Å². The van der Waals surface area contributed by atoms with Crippen molar-refractivity contribution in [1.29, 1.82) is 0 Å². The molecule has 3 aromatic carbocycles. The second-order valence-electron chi connectivity index (χ2n) is 10.0. The topological polar surface area (TPSA) is 98.6 Å². The average molecular weight is 530 g/mol. The van der Waals surface area contributed by atoms with Crippen LogP contribution in [0.25, 0.3) is 11.0 Å². The van der Waals surface area contributed by atoms with Crippen molar-refractivity contribution in [3.8, 4) is 11.5 Å². The predicted octanol–water partition coefficient (Wildman–Crippen LogP) is 4.52. The Balaban J connectivity index is 1.78. The van der Waals surface area contributed by atoms with Gasteiger partial charge in [0.25, 0.3) is 0 Å². The SMILES string of the molecule is CCC(C)(C)NC(=O)[C@H](c1cccc(OC)c1)N(Cc1ccc(OC)cc1)C(=O)Cn1nnc2ccccc21. The number of nitrogens with one attached hydrogen (secondary N) is 1. The minimum atomic E-state index is -0.921. The van der Waals surface area contributed by atoms with E-state index in [2.05, 4.69) is 15.6 Å². The zero-order valence-electron chi connectivity index (χ0n) is 23.0. The number of amides is 2. The molecule has 0 aliphatic heterocycles. The van der Waals surface area contributed by atoms with E-state index in [-0.39, 0.29) is 24.9 Å². The van der Waals surface area contributed by atoms with Crippen LogP contribution in [-0.4, -0.2) is 51.5 Å². The highest BCUT2D eigenvalue weighted by Gasteiger charge is 2.34. The van der Waals surface area contributed by atoms with E-state index in [4.69, 9.17) is 9.47 Å². The van der Waals surface area contributed by atoms with Crippen LogP contribution in [-0.2, 0) is 22.7 Å². The van der Waals surface area contributed by atoms with Crippen molar-refractivity contribution in [2.75, 3.05) is 14.2 Å². The fourth-order valence-corrected chi connectivity index (χ4v) is 4.28. The molecule has 204 valence electrons. The molecular formula is C30H35N5O4. The van der Waals surface area contributed by atoms with Gasteiger partial charge in [-0.2, -0.15) is 0 Å². The number of aromatic nitrogens is 3. The van der Waals surface area contributed by atoms with Gasteiger partial charge in [0.2, 0.25) is 11.8 Å². The molecule has 1 heterocycles. The number of methoxy groups -OCH3 is 2. The third kappa shape index (κ3) is 6.54. The number of hydrogen-bond donors (Lipinski definition) is 1. The lowest BCUT2D eigenvalue weighted by atomic mass is 9.98. The number of carbonyl (C=O) groups is 2. The molecule has 0 unspecified atom stereocenters. The van der Waals surface area contributed by atoms with E-state index < -0.39 is 11.6 Å². The molecule has 2 amide bonds. The molecule has 4 rings (SSSR count). The molecule has 9 nitrogen and oxygen atoms in total. The Hall–Kier alpha value is -4.40. The van der Waals surface area contributed by atoms with Crippen molar-refractivity contribution in [3.05, 3.63) is 83.9 Å². The average Bonchev–Trinajstić information content (AvgIpc) is 3.35. The summed E-state index contributed by atoms with van der Waals surface area (Å²) in [6, 6.07) is 21.3. The highest BCUT2D eigenvalue weighted by molar-refractivity contribution is 5.89. The monoisotopic (exact) mass is 529 g/mol. The summed E-state index contributed by atoms with van der Waals surface area (Å²) < 4.78 is 12.3. The van der Waals surface area contributed by atoms with Crippen LogP contribution in [0.5, 0.6) is 11.5 Å². The molecule has 4 aromatic rings. The summed E-state index contributed by atoms with van der Waals surface area (Å²) in [5.74, 6) is 0.746. The lowest BCUT2D eigenvalue weighted by molar-refractivity contribution is -0.143. The van der Waals surface area contributed by atoms with Crippen LogP contribution in [0.15, 0.2) is 72.8 Å². The smallest absolute Gasteiger partial charge is 0.247 e. The standard InChI is InChI=1S/C30H35N5O4/c1-6-30(2,3)31-29(37)28(22-10-9-11-24(18-22)39-5)34(19-21-14-16-23(38-4)17-15-21)27(36)20-35-26-13-8-7-12-25(26)32-33-35/h7-18,28H,6,19-20H2,1-5H3,(H,31,37)/t28-/m0/s1. The highest BCUT2D eigenvalue weighted by atomic mass is 16.5. The highest BCUT2D eigenvalue weighted by Crippen LogP contribution is 2.29. The van der Waals surface area contributed by atoms with E-state index in [9.17, 15) is 9.59 Å². The first-order chi connectivity index (χ1) is 18.7. The Morgan fingerprint density at radius 3 is 2.38 bits per heavy atom. The Labute approximate surface area is 228 Å². The van der Waals surface area contributed by atoms with E-state index in [1.54, 1.807) is 29.9 Å². The first-order valence-electron chi connectivity index (χ1n) is 12.9. The van der Waals surface area contributed by atoms with Crippen LogP contribution < -0.4 is 14.8 Å². The van der Waals surface area contributed by atoms with Gasteiger partial charge in [-0.05, 0) is 67.8 Å². The molecule has 9 heteroatoms. The van der Waals surface area contributed by atoms with Crippen LogP contribution >= 0.6 is 0 Å². The first kappa shape index (κ1) is 27.6. The lowest BCUT2D eigenvalue weighted by Crippen LogP contribution is -2.50. The van der Waals surface area contributed by atoms with Gasteiger partial charge in [0.05, 0.1) is 19.7 Å². The number of nitrogens with zero attached hydrogens (tertiary/aromatic N) is 4. The number of fused-ring (bicyclic) bond motifs is 1. The molecule has 1 aromatic heterocycles. The van der Waals surface area contributed by atoms with Gasteiger partial charge in [0, 0.05) is 12.1 Å². The molecule has 1 atom stereocenters. The van der Waals surface area contributed by atoms with Gasteiger partial charge in [-0.15, -0.1) is 5.10 Å². The number of hydrogen-bond acceptors (Lipinski definition) is 6. The second-order valence-corrected chi connectivity index (χ2v) is 10.0. The maximum Gasteiger partial charge on any atom is 0.247 e. The number of ether oxygens (including phenoxy) is 2. The second kappa shape index (κ2) is 12.0. The van der Waals surface area contributed by atoms with Crippen LogP contribution in [0.4, 0.5) is 0 Å². The Morgan fingerprint density at radius 2 is 1.69 bits per heavy atom. The predicted molar refractivity (Wildman–Crippen MR) is 149 cm³/mol. The summed E-state index contributed by atoms with van der Waals surface area (Å²) in [7, 11) is 3.18. The molecule has 0 radical (unpaired) electrons. The summed E-state index contributed by atoms with van der Waals surface area (Å²) in [5.41, 5.74) is 2.46. The normalized spacial score (nSPS) is 12.1. The summed E-state index contributed by atoms with van der Waals surface area (Å²) in [5, 5.41) is 11.5. The zero-order chi connectivity index (χ0) is 28.0. The summed E-state index contributed by atoms with van der Waals surface area (Å²) in [6.45, 7) is 6.05.